The molecule has 0 rings (SSSR count). The van der Waals surface area contributed by atoms with Gasteiger partial charge >= 0.3 is 0 Å². The Labute approximate surface area is 302 Å². The molecule has 0 saturated heterocycles. The zero-order valence-electron chi connectivity index (χ0n) is 34.1. The third-order valence-electron chi connectivity index (χ3n) is 11.4. The second-order valence-electron chi connectivity index (χ2n) is 16.5. The van der Waals surface area contributed by atoms with Crippen LogP contribution in [-0.4, -0.2) is 25.2 Å². The molecule has 0 amide bonds. The molecule has 0 aromatic rings. The molecule has 47 heavy (non-hydrogen) atoms. The molecule has 0 aromatic carbocycles. The van der Waals surface area contributed by atoms with E-state index in [0.717, 1.165) is 0 Å². The Hall–Kier alpha value is 0.430. The molecule has 0 radical (unpaired) electrons. The minimum absolute atomic E-state index is 0.716. The van der Waals surface area contributed by atoms with E-state index in [1.54, 1.807) is 37.7 Å². The van der Waals surface area contributed by atoms with E-state index in [4.69, 9.17) is 0 Å². The van der Waals surface area contributed by atoms with Gasteiger partial charge in [-0.3, -0.25) is 0 Å². The van der Waals surface area contributed by atoms with E-state index in [1.807, 2.05) is 0 Å². The van der Waals surface area contributed by atoms with Crippen LogP contribution in [0.2, 0.25) is 0 Å². The topological polar surface area (TPSA) is 0 Å². The van der Waals surface area contributed by atoms with E-state index < -0.39 is 7.26 Å². The van der Waals surface area contributed by atoms with E-state index in [9.17, 15) is 0 Å². The molecule has 0 aliphatic heterocycles. The molecule has 0 bridgehead atoms. The monoisotopic (exact) mass is 680 g/mol. The van der Waals surface area contributed by atoms with Gasteiger partial charge in [-0.05, 0) is 38.5 Å². The van der Waals surface area contributed by atoms with Crippen LogP contribution in [0.4, 0.5) is 0 Å². The summed E-state index contributed by atoms with van der Waals surface area (Å²) in [6.07, 6.45) is 62.8. The molecule has 0 unspecified atom stereocenters. The van der Waals surface area contributed by atoms with E-state index in [-0.39, 0.29) is 0 Å². The van der Waals surface area contributed by atoms with Crippen molar-refractivity contribution in [2.75, 3.05) is 25.2 Å². The number of rotatable bonds is 42. The van der Waals surface area contributed by atoms with Gasteiger partial charge in [-0.1, -0.05) is 233 Å². The van der Waals surface area contributed by atoms with Crippen molar-refractivity contribution in [3.05, 3.63) is 0 Å². The maximum Gasteiger partial charge on any atom is 0.0591 e. The van der Waals surface area contributed by atoms with Crippen LogP contribution in [0.3, 0.4) is 0 Å². The third kappa shape index (κ3) is 39.1. The van der Waals surface area contributed by atoms with Crippen LogP contribution in [0, 0.1) is 0 Å². The fourth-order valence-corrected chi connectivity index (χ4v) is 11.5. The summed E-state index contributed by atoms with van der Waals surface area (Å²) in [6, 6.07) is 0. The highest BCUT2D eigenvalue weighted by molar-refractivity contribution is 7.75. The van der Waals surface area contributed by atoms with Gasteiger partial charge < -0.3 is 0 Å². The molecule has 0 spiro atoms. The Morgan fingerprint density at radius 2 is 0.319 bits per heavy atom. The molecule has 284 valence electrons. The Bertz CT molecular complexity index is 467. The smallest absolute Gasteiger partial charge is 0.0591 e. The zero-order valence-corrected chi connectivity index (χ0v) is 35.0. The molecule has 0 heterocycles. The van der Waals surface area contributed by atoms with Crippen LogP contribution in [-0.2, 0) is 0 Å². The normalized spacial score (nSPS) is 12.0. The van der Waals surface area contributed by atoms with Gasteiger partial charge in [0.05, 0.1) is 18.5 Å². The SMILES string of the molecule is CCCCCCCCCCCCCCC[P+](C)(CCCCCCCCCCCCCCC)CCCCCCCCCCCCCCC. The summed E-state index contributed by atoms with van der Waals surface area (Å²) in [7, 11) is -0.716. The predicted molar refractivity (Wildman–Crippen MR) is 225 cm³/mol. The molecule has 0 saturated carbocycles. The molecule has 0 atom stereocenters. The van der Waals surface area contributed by atoms with Gasteiger partial charge in [0.2, 0.25) is 0 Å². The van der Waals surface area contributed by atoms with E-state index >= 15 is 0 Å². The van der Waals surface area contributed by atoms with Gasteiger partial charge in [0.25, 0.3) is 0 Å². The summed E-state index contributed by atoms with van der Waals surface area (Å²) >= 11 is 0. The summed E-state index contributed by atoms with van der Waals surface area (Å²) in [5.74, 6) is 0. The first-order chi connectivity index (χ1) is 23.2. The lowest BCUT2D eigenvalue weighted by Gasteiger charge is -2.24. The summed E-state index contributed by atoms with van der Waals surface area (Å²) in [5.41, 5.74) is 0. The Morgan fingerprint density at radius 1 is 0.191 bits per heavy atom. The lowest BCUT2D eigenvalue weighted by Crippen LogP contribution is -2.08. The highest BCUT2D eigenvalue weighted by atomic mass is 31.2. The molecule has 0 aromatic heterocycles. The van der Waals surface area contributed by atoms with Crippen molar-refractivity contribution in [1.82, 2.24) is 0 Å². The number of unbranched alkanes of at least 4 members (excludes halogenated alkanes) is 36. The van der Waals surface area contributed by atoms with Crippen molar-refractivity contribution in [1.29, 1.82) is 0 Å². The maximum absolute atomic E-state index is 2.80. The van der Waals surface area contributed by atoms with Gasteiger partial charge in [0, 0.05) is 13.9 Å². The predicted octanol–water partition coefficient (Wildman–Crippen LogP) is 17.9. The molecular weight excluding hydrogens is 583 g/mol. The molecule has 0 nitrogen and oxygen atoms in total. The zero-order chi connectivity index (χ0) is 34.2. The Balaban J connectivity index is 4.07. The molecule has 0 N–H and O–H groups in total. The molecule has 1 heteroatoms. The van der Waals surface area contributed by atoms with Gasteiger partial charge in [0.15, 0.2) is 0 Å². The largest absolute Gasteiger partial charge is 0.0654 e. The van der Waals surface area contributed by atoms with Crippen molar-refractivity contribution in [3.8, 4) is 0 Å². The van der Waals surface area contributed by atoms with Crippen molar-refractivity contribution in [2.24, 2.45) is 0 Å². The van der Waals surface area contributed by atoms with Gasteiger partial charge in [-0.15, -0.1) is 0 Å². The molecule has 0 aliphatic carbocycles. The number of hydrogen-bond acceptors (Lipinski definition) is 0. The highest BCUT2D eigenvalue weighted by Gasteiger charge is 2.29. The fraction of sp³-hybridized carbons (Fsp3) is 1.00. The summed E-state index contributed by atoms with van der Waals surface area (Å²) in [6.45, 7) is 9.77. The lowest BCUT2D eigenvalue weighted by molar-refractivity contribution is 0.541. The average Bonchev–Trinajstić information content (AvgIpc) is 3.07. The quantitative estimate of drug-likeness (QED) is 0.0445. The first-order valence-electron chi connectivity index (χ1n) is 23.0. The Kier molecular flexibility index (Phi) is 41.2. The second kappa shape index (κ2) is 40.9. The minimum atomic E-state index is -0.716. The van der Waals surface area contributed by atoms with Crippen molar-refractivity contribution < 1.29 is 0 Å². The van der Waals surface area contributed by atoms with Crippen LogP contribution >= 0.6 is 7.26 Å². The van der Waals surface area contributed by atoms with Gasteiger partial charge in [-0.25, -0.2) is 0 Å². The maximum atomic E-state index is 2.80. The van der Waals surface area contributed by atoms with E-state index in [2.05, 4.69) is 27.4 Å². The summed E-state index contributed by atoms with van der Waals surface area (Å²) in [4.78, 5) is 0. The summed E-state index contributed by atoms with van der Waals surface area (Å²) < 4.78 is 0. The number of hydrogen-bond donors (Lipinski definition) is 0. The average molecular weight is 680 g/mol. The van der Waals surface area contributed by atoms with Crippen LogP contribution < -0.4 is 0 Å². The van der Waals surface area contributed by atoms with Crippen LogP contribution in [0.15, 0.2) is 0 Å². The first-order valence-corrected chi connectivity index (χ1v) is 25.8. The third-order valence-corrected chi connectivity index (χ3v) is 15.6. The Morgan fingerprint density at radius 3 is 0.468 bits per heavy atom. The van der Waals surface area contributed by atoms with Crippen LogP contribution in [0.25, 0.3) is 0 Å². The van der Waals surface area contributed by atoms with Gasteiger partial charge in [-0.2, -0.15) is 0 Å². The molecular formula is C46H96P+. The minimum Gasteiger partial charge on any atom is -0.0654 e. The van der Waals surface area contributed by atoms with E-state index in [0.29, 0.717) is 0 Å². The van der Waals surface area contributed by atoms with Crippen molar-refractivity contribution in [3.63, 3.8) is 0 Å². The summed E-state index contributed by atoms with van der Waals surface area (Å²) in [5, 5.41) is 0. The molecule has 0 aliphatic rings. The van der Waals surface area contributed by atoms with Crippen molar-refractivity contribution in [2.45, 2.75) is 271 Å². The lowest BCUT2D eigenvalue weighted by atomic mass is 10.0. The molecule has 0 fully saturated rings. The first kappa shape index (κ1) is 47.4. The fourth-order valence-electron chi connectivity index (χ4n) is 7.87. The van der Waals surface area contributed by atoms with Crippen LogP contribution in [0.1, 0.15) is 271 Å². The second-order valence-corrected chi connectivity index (χ2v) is 21.1. The highest BCUT2D eigenvalue weighted by Crippen LogP contribution is 2.57. The van der Waals surface area contributed by atoms with Gasteiger partial charge in [0.1, 0.15) is 0 Å². The van der Waals surface area contributed by atoms with E-state index in [1.165, 1.54) is 231 Å². The standard InChI is InChI=1S/C46H96P/c1-5-8-11-14-17-20-23-26-29-32-35-38-41-44-47(4,45-42-39-36-33-30-27-24-21-18-15-12-9-6-2)46-43-40-37-34-31-28-25-22-19-16-13-10-7-3/h5-46H2,1-4H3/q+1. The van der Waals surface area contributed by atoms with Crippen LogP contribution in [0.5, 0.6) is 0 Å². The van der Waals surface area contributed by atoms with Crippen molar-refractivity contribution >= 4 is 7.26 Å².